The molecule has 30 heavy (non-hydrogen) atoms. The van der Waals surface area contributed by atoms with E-state index in [1.165, 1.54) is 21.2 Å². The van der Waals surface area contributed by atoms with Crippen molar-refractivity contribution in [1.29, 1.82) is 0 Å². The minimum atomic E-state index is -1.17. The van der Waals surface area contributed by atoms with Gasteiger partial charge in [0, 0.05) is 10.9 Å². The zero-order valence-electron chi connectivity index (χ0n) is 16.7. The lowest BCUT2D eigenvalue weighted by Crippen LogP contribution is -2.30. The predicted octanol–water partition coefficient (Wildman–Crippen LogP) is 5.37. The molecule has 0 radical (unpaired) electrons. The molecule has 0 aliphatic carbocycles. The van der Waals surface area contributed by atoms with Gasteiger partial charge in [-0.2, -0.15) is 0 Å². The fourth-order valence-corrected chi connectivity index (χ4v) is 2.50. The van der Waals surface area contributed by atoms with Crippen molar-refractivity contribution in [2.45, 2.75) is 25.8 Å². The number of hydrogen-bond donors (Lipinski definition) is 3. The van der Waals surface area contributed by atoms with Gasteiger partial charge in [0.05, 0.1) is 0 Å². The molecule has 0 aromatic heterocycles. The van der Waals surface area contributed by atoms with E-state index < -0.39 is 18.0 Å². The topological polar surface area (TPSA) is 101 Å². The molecule has 0 heterocycles. The second-order valence-electron chi connectivity index (χ2n) is 6.36. The van der Waals surface area contributed by atoms with Crippen molar-refractivity contribution >= 4 is 27.9 Å². The summed E-state index contributed by atoms with van der Waals surface area (Å²) in [6, 6.07) is 27.9. The van der Waals surface area contributed by atoms with Crippen LogP contribution in [0.1, 0.15) is 18.4 Å². The number of aliphatic carboxylic acids is 2. The summed E-state index contributed by atoms with van der Waals surface area (Å²) >= 11 is 3.40. The molecule has 0 aliphatic rings. The van der Waals surface area contributed by atoms with Crippen LogP contribution >= 0.6 is 15.9 Å². The van der Waals surface area contributed by atoms with E-state index >= 15 is 0 Å². The van der Waals surface area contributed by atoms with E-state index in [0.29, 0.717) is 0 Å². The van der Waals surface area contributed by atoms with E-state index in [1.54, 1.807) is 0 Å². The van der Waals surface area contributed by atoms with Crippen molar-refractivity contribution < 1.29 is 19.8 Å². The van der Waals surface area contributed by atoms with Gasteiger partial charge in [0.1, 0.15) is 6.04 Å². The monoisotopic (exact) mass is 471 g/mol. The van der Waals surface area contributed by atoms with Crippen molar-refractivity contribution in [1.82, 2.24) is 0 Å². The summed E-state index contributed by atoms with van der Waals surface area (Å²) in [4.78, 5) is 19.9. The van der Waals surface area contributed by atoms with Crippen LogP contribution in [0.4, 0.5) is 0 Å². The lowest BCUT2D eigenvalue weighted by molar-refractivity contribution is -0.139. The smallest absolute Gasteiger partial charge is 0.320 e. The summed E-state index contributed by atoms with van der Waals surface area (Å²) in [7, 11) is 0. The average molecular weight is 472 g/mol. The largest absolute Gasteiger partial charge is 0.481 e. The summed E-state index contributed by atoms with van der Waals surface area (Å²) in [5, 5.41) is 16.3. The third kappa shape index (κ3) is 10.5. The van der Waals surface area contributed by atoms with Gasteiger partial charge < -0.3 is 15.9 Å². The molecular weight excluding hydrogens is 446 g/mol. The Labute approximate surface area is 185 Å². The Morgan fingerprint density at radius 1 is 0.833 bits per heavy atom. The molecule has 3 rings (SSSR count). The van der Waals surface area contributed by atoms with E-state index in [9.17, 15) is 9.59 Å². The Balaban J connectivity index is 0.000000230. The normalized spacial score (nSPS) is 10.5. The van der Waals surface area contributed by atoms with Gasteiger partial charge in [-0.15, -0.1) is 0 Å². The molecule has 0 saturated carbocycles. The Bertz CT molecular complexity index is 843. The zero-order valence-corrected chi connectivity index (χ0v) is 18.3. The summed E-state index contributed by atoms with van der Waals surface area (Å²) < 4.78 is 1.18. The highest BCUT2D eigenvalue weighted by Gasteiger charge is 2.12. The molecule has 0 spiro atoms. The molecule has 4 N–H and O–H groups in total. The molecule has 0 amide bonds. The van der Waals surface area contributed by atoms with Gasteiger partial charge in [0.25, 0.3) is 0 Å². The van der Waals surface area contributed by atoms with Crippen LogP contribution < -0.4 is 5.73 Å². The molecule has 1 unspecified atom stereocenters. The Morgan fingerprint density at radius 3 is 1.60 bits per heavy atom. The van der Waals surface area contributed by atoms with Crippen LogP contribution in [0.25, 0.3) is 11.1 Å². The van der Waals surface area contributed by atoms with E-state index in [2.05, 4.69) is 77.5 Å². The maximum absolute atomic E-state index is 9.99. The van der Waals surface area contributed by atoms with Crippen molar-refractivity contribution in [3.8, 4) is 11.1 Å². The minimum Gasteiger partial charge on any atom is -0.481 e. The summed E-state index contributed by atoms with van der Waals surface area (Å²) in [6.07, 6.45) is -0.224. The van der Waals surface area contributed by atoms with Gasteiger partial charge >= 0.3 is 11.9 Å². The second kappa shape index (κ2) is 14.1. The van der Waals surface area contributed by atoms with Crippen molar-refractivity contribution in [3.63, 3.8) is 0 Å². The standard InChI is InChI=1S/C12H10.C7H7Br.C5H9NO4/c1-3-7-11(8-4-1)12-9-5-2-6-10-12;1-6-4-2-3-5-7(6)8;6-3(5(9)10)1-2-4(7)8/h1-10H;2-5H,1H3;3H,1-2,6H2,(H,7,8)(H,9,10). The molecular formula is C24H26BrNO4. The van der Waals surface area contributed by atoms with Crippen LogP contribution in [-0.4, -0.2) is 28.2 Å². The number of nitrogens with two attached hydrogens (primary N) is 1. The number of rotatable bonds is 5. The minimum absolute atomic E-state index is 0.0231. The van der Waals surface area contributed by atoms with E-state index in [4.69, 9.17) is 15.9 Å². The van der Waals surface area contributed by atoms with Gasteiger partial charge in [-0.3, -0.25) is 9.59 Å². The second-order valence-corrected chi connectivity index (χ2v) is 7.21. The maximum Gasteiger partial charge on any atom is 0.320 e. The van der Waals surface area contributed by atoms with Gasteiger partial charge in [-0.1, -0.05) is 94.8 Å². The highest BCUT2D eigenvalue weighted by Crippen LogP contribution is 2.17. The fraction of sp³-hybridized carbons (Fsp3) is 0.167. The number of hydrogen-bond acceptors (Lipinski definition) is 3. The van der Waals surface area contributed by atoms with Crippen molar-refractivity contribution in [2.24, 2.45) is 5.73 Å². The van der Waals surface area contributed by atoms with Gasteiger partial charge in [-0.25, -0.2) is 0 Å². The van der Waals surface area contributed by atoms with Crippen LogP contribution in [0.2, 0.25) is 0 Å². The van der Waals surface area contributed by atoms with Gasteiger partial charge in [-0.05, 0) is 36.1 Å². The third-order valence-electron chi connectivity index (χ3n) is 3.94. The molecule has 1 atom stereocenters. The van der Waals surface area contributed by atoms with Gasteiger partial charge in [0.2, 0.25) is 0 Å². The molecule has 0 bridgehead atoms. The quantitative estimate of drug-likeness (QED) is 0.463. The molecule has 6 heteroatoms. The molecule has 0 saturated heterocycles. The first-order valence-corrected chi connectivity index (χ1v) is 10.1. The average Bonchev–Trinajstić information content (AvgIpc) is 2.76. The first-order chi connectivity index (χ1) is 14.3. The SMILES string of the molecule is Cc1ccccc1Br.NC(CCC(=O)O)C(=O)O.c1ccc(-c2ccccc2)cc1. The molecule has 5 nitrogen and oxygen atoms in total. The maximum atomic E-state index is 9.99. The summed E-state index contributed by atoms with van der Waals surface area (Å²) in [5.41, 5.74) is 8.84. The van der Waals surface area contributed by atoms with Crippen molar-refractivity contribution in [2.75, 3.05) is 0 Å². The van der Waals surface area contributed by atoms with Crippen LogP contribution in [0.15, 0.2) is 89.4 Å². The highest BCUT2D eigenvalue weighted by atomic mass is 79.9. The lowest BCUT2D eigenvalue weighted by atomic mass is 10.1. The molecule has 0 aliphatic heterocycles. The zero-order chi connectivity index (χ0) is 22.4. The van der Waals surface area contributed by atoms with E-state index in [0.717, 1.165) is 0 Å². The van der Waals surface area contributed by atoms with E-state index in [-0.39, 0.29) is 12.8 Å². The van der Waals surface area contributed by atoms with Crippen molar-refractivity contribution in [3.05, 3.63) is 95.0 Å². The number of carboxylic acids is 2. The van der Waals surface area contributed by atoms with E-state index in [1.807, 2.05) is 30.3 Å². The lowest BCUT2D eigenvalue weighted by Gasteiger charge is -2.01. The fourth-order valence-electron chi connectivity index (χ4n) is 2.21. The van der Waals surface area contributed by atoms with Crippen LogP contribution in [0, 0.1) is 6.92 Å². The molecule has 3 aromatic carbocycles. The molecule has 3 aromatic rings. The Hall–Kier alpha value is -2.96. The number of carbonyl (C=O) groups is 2. The number of halogens is 1. The van der Waals surface area contributed by atoms with Gasteiger partial charge in [0.15, 0.2) is 0 Å². The van der Waals surface area contributed by atoms with Crippen LogP contribution in [0.5, 0.6) is 0 Å². The molecule has 158 valence electrons. The van der Waals surface area contributed by atoms with Crippen LogP contribution in [-0.2, 0) is 9.59 Å². The predicted molar refractivity (Wildman–Crippen MR) is 123 cm³/mol. The number of aryl methyl sites for hydroxylation is 1. The first kappa shape index (κ1) is 25.1. The Morgan fingerprint density at radius 2 is 1.27 bits per heavy atom. The molecule has 0 fully saturated rings. The number of benzene rings is 3. The number of carboxylic acid groups (broad SMARTS) is 2. The third-order valence-corrected chi connectivity index (χ3v) is 4.83. The van der Waals surface area contributed by atoms with Crippen LogP contribution in [0.3, 0.4) is 0 Å². The first-order valence-electron chi connectivity index (χ1n) is 9.33. The highest BCUT2D eigenvalue weighted by molar-refractivity contribution is 9.10. The summed E-state index contributed by atoms with van der Waals surface area (Å²) in [5.74, 6) is -2.20. The Kier molecular flexibility index (Phi) is 11.8. The summed E-state index contributed by atoms with van der Waals surface area (Å²) in [6.45, 7) is 2.07.